The summed E-state index contributed by atoms with van der Waals surface area (Å²) in [5.74, 6) is 1.06. The monoisotopic (exact) mass is 562 g/mol. The predicted molar refractivity (Wildman–Crippen MR) is 150 cm³/mol. The molecule has 1 spiro atoms. The average molecular weight is 563 g/mol. The van der Waals surface area contributed by atoms with Gasteiger partial charge in [-0.3, -0.25) is 9.58 Å². The van der Waals surface area contributed by atoms with E-state index in [1.807, 2.05) is 25.7 Å². The highest BCUT2D eigenvalue weighted by Crippen LogP contribution is 2.54. The van der Waals surface area contributed by atoms with Gasteiger partial charge >= 0.3 is 6.09 Å². The summed E-state index contributed by atoms with van der Waals surface area (Å²) >= 11 is 0. The second-order valence-corrected chi connectivity index (χ2v) is 16.6. The van der Waals surface area contributed by atoms with Crippen LogP contribution >= 0.6 is 0 Å². The normalized spacial score (nSPS) is 31.0. The molecule has 10 nitrogen and oxygen atoms in total. The number of carbonyl (C=O) groups excluding carboxylic acids is 1. The molecule has 39 heavy (non-hydrogen) atoms. The minimum atomic E-state index is -3.12. The fourth-order valence-corrected chi connectivity index (χ4v) is 9.29. The Morgan fingerprint density at radius 2 is 1.74 bits per heavy atom. The third kappa shape index (κ3) is 4.86. The van der Waals surface area contributed by atoms with Crippen molar-refractivity contribution in [1.82, 2.24) is 23.9 Å². The lowest BCUT2D eigenvalue weighted by atomic mass is 9.61. The zero-order valence-corrected chi connectivity index (χ0v) is 25.5. The number of aryl methyl sites for hydroxylation is 1. The Morgan fingerprint density at radius 3 is 2.31 bits per heavy atom. The number of carbonyl (C=O) groups is 1. The van der Waals surface area contributed by atoms with Gasteiger partial charge in [-0.05, 0) is 73.6 Å². The van der Waals surface area contributed by atoms with E-state index in [1.54, 1.807) is 4.31 Å². The van der Waals surface area contributed by atoms with E-state index in [4.69, 9.17) is 9.84 Å². The molecule has 218 valence electrons. The van der Waals surface area contributed by atoms with Crippen molar-refractivity contribution >= 4 is 21.9 Å². The standard InChI is InChI=1S/C28H46N6O4S/c1-19-10-24(29-34(19)23-13-28(14-23)17-30(18-28)25(35)38-26(2,3)4)32-9-8-20(12-27(32,5)6)31-15-22-11-21(31)16-33(22)39(7,36)37/h10,20-23H,8-9,11-18H2,1-7H3/t20?,21-,22-/m1/s1. The maximum absolute atomic E-state index is 12.4. The largest absolute Gasteiger partial charge is 0.444 e. The van der Waals surface area contributed by atoms with Crippen molar-refractivity contribution in [3.05, 3.63) is 11.8 Å². The van der Waals surface area contributed by atoms with Crippen molar-refractivity contribution in [2.75, 3.05) is 43.9 Å². The van der Waals surface area contributed by atoms with E-state index < -0.39 is 15.6 Å². The Labute approximate surface area is 233 Å². The summed E-state index contributed by atoms with van der Waals surface area (Å²) in [5.41, 5.74) is 0.930. The van der Waals surface area contributed by atoms with E-state index in [-0.39, 0.29) is 23.1 Å². The molecule has 0 radical (unpaired) electrons. The second kappa shape index (κ2) is 8.82. The van der Waals surface area contributed by atoms with Crippen molar-refractivity contribution in [3.8, 4) is 0 Å². The molecule has 4 aliphatic heterocycles. The fourth-order valence-electron chi connectivity index (χ4n) is 8.15. The van der Waals surface area contributed by atoms with Crippen LogP contribution in [0.15, 0.2) is 6.07 Å². The molecule has 1 unspecified atom stereocenters. The van der Waals surface area contributed by atoms with Crippen LogP contribution in [0.3, 0.4) is 0 Å². The molecule has 1 aliphatic carbocycles. The summed E-state index contributed by atoms with van der Waals surface area (Å²) in [6, 6.07) is 3.60. The third-order valence-electron chi connectivity index (χ3n) is 9.85. The molecule has 4 saturated heterocycles. The lowest BCUT2D eigenvalue weighted by Gasteiger charge is -2.58. The first-order valence-corrected chi connectivity index (χ1v) is 16.4. The number of hydrogen-bond acceptors (Lipinski definition) is 7. The number of amides is 1. The molecule has 5 aliphatic rings. The van der Waals surface area contributed by atoms with Gasteiger partial charge in [-0.1, -0.05) is 0 Å². The van der Waals surface area contributed by atoms with Crippen molar-refractivity contribution < 1.29 is 17.9 Å². The number of ether oxygens (including phenoxy) is 1. The lowest BCUT2D eigenvalue weighted by molar-refractivity contribution is -0.0930. The van der Waals surface area contributed by atoms with E-state index >= 15 is 0 Å². The number of piperazine rings is 1. The lowest BCUT2D eigenvalue weighted by Crippen LogP contribution is -2.64. The topological polar surface area (TPSA) is 91.2 Å². The number of sulfonamides is 1. The van der Waals surface area contributed by atoms with Crippen LogP contribution in [0.1, 0.15) is 78.5 Å². The van der Waals surface area contributed by atoms with Gasteiger partial charge in [-0.2, -0.15) is 9.40 Å². The van der Waals surface area contributed by atoms with Crippen LogP contribution < -0.4 is 4.90 Å². The Hall–Kier alpha value is -1.85. The first-order valence-electron chi connectivity index (χ1n) is 14.6. The van der Waals surface area contributed by atoms with Gasteiger partial charge in [-0.25, -0.2) is 13.2 Å². The number of piperidine rings is 1. The van der Waals surface area contributed by atoms with Crippen molar-refractivity contribution in [2.24, 2.45) is 5.41 Å². The minimum absolute atomic E-state index is 0.0321. The zero-order valence-electron chi connectivity index (χ0n) is 24.7. The number of nitrogens with zero attached hydrogens (tertiary/aromatic N) is 6. The van der Waals surface area contributed by atoms with Gasteiger partial charge < -0.3 is 14.5 Å². The van der Waals surface area contributed by atoms with Crippen molar-refractivity contribution in [3.63, 3.8) is 0 Å². The Morgan fingerprint density at radius 1 is 1.05 bits per heavy atom. The highest BCUT2D eigenvalue weighted by atomic mass is 32.2. The molecule has 11 heteroatoms. The van der Waals surface area contributed by atoms with Gasteiger partial charge in [-0.15, -0.1) is 0 Å². The van der Waals surface area contributed by atoms with Gasteiger partial charge in [0.15, 0.2) is 5.82 Å². The molecule has 1 saturated carbocycles. The third-order valence-corrected chi connectivity index (χ3v) is 11.2. The van der Waals surface area contributed by atoms with Crippen LogP contribution in [0, 0.1) is 12.3 Å². The van der Waals surface area contributed by atoms with Gasteiger partial charge in [0.25, 0.3) is 0 Å². The van der Waals surface area contributed by atoms with Crippen LogP contribution in [0.5, 0.6) is 0 Å². The van der Waals surface area contributed by atoms with Crippen LogP contribution in [-0.4, -0.2) is 107 Å². The van der Waals surface area contributed by atoms with Crippen LogP contribution in [0.2, 0.25) is 0 Å². The van der Waals surface area contributed by atoms with Crippen LogP contribution in [-0.2, 0) is 14.8 Å². The van der Waals surface area contributed by atoms with E-state index in [0.29, 0.717) is 24.7 Å². The van der Waals surface area contributed by atoms with Gasteiger partial charge in [0.2, 0.25) is 10.0 Å². The second-order valence-electron chi connectivity index (χ2n) is 14.7. The smallest absolute Gasteiger partial charge is 0.410 e. The molecular formula is C28H46N6O4S. The molecule has 1 aromatic rings. The number of likely N-dealkylation sites (tertiary alicyclic amines) is 2. The first kappa shape index (κ1) is 27.3. The van der Waals surface area contributed by atoms with Crippen molar-refractivity contribution in [1.29, 1.82) is 0 Å². The summed E-state index contributed by atoms with van der Waals surface area (Å²) in [6.07, 6.45) is 6.35. The molecule has 3 atom stereocenters. The molecule has 1 aromatic heterocycles. The van der Waals surface area contributed by atoms with E-state index in [0.717, 1.165) is 64.1 Å². The first-order chi connectivity index (χ1) is 18.0. The highest BCUT2D eigenvalue weighted by molar-refractivity contribution is 7.88. The minimum Gasteiger partial charge on any atom is -0.444 e. The molecule has 6 rings (SSSR count). The molecular weight excluding hydrogens is 516 g/mol. The maximum atomic E-state index is 12.4. The van der Waals surface area contributed by atoms with Crippen LogP contribution in [0.4, 0.5) is 10.6 Å². The number of anilines is 1. The molecule has 5 fully saturated rings. The number of aromatic nitrogens is 2. The quantitative estimate of drug-likeness (QED) is 0.557. The summed E-state index contributed by atoms with van der Waals surface area (Å²) in [4.78, 5) is 19.3. The molecule has 5 heterocycles. The fraction of sp³-hybridized carbons (Fsp3) is 0.857. The average Bonchev–Trinajstić information content (AvgIpc) is 3.44. The SMILES string of the molecule is Cc1cc(N2CCC(N3C[C@H]4C[C@@H]3CN4S(C)(=O)=O)CC2(C)C)nn1C1CC2(C1)CN(C(=O)OC(C)(C)C)C2. The van der Waals surface area contributed by atoms with Gasteiger partial charge in [0, 0.05) is 73.6 Å². The van der Waals surface area contributed by atoms with Gasteiger partial charge in [0.05, 0.1) is 12.3 Å². The number of hydrogen-bond donors (Lipinski definition) is 0. The van der Waals surface area contributed by atoms with E-state index in [9.17, 15) is 13.2 Å². The summed E-state index contributed by atoms with van der Waals surface area (Å²) in [6.45, 7) is 16.6. The molecule has 1 amide bonds. The molecule has 0 N–H and O–H groups in total. The number of rotatable bonds is 4. The van der Waals surface area contributed by atoms with E-state index in [1.165, 1.54) is 11.9 Å². The maximum Gasteiger partial charge on any atom is 0.410 e. The Bertz CT molecular complexity index is 1240. The van der Waals surface area contributed by atoms with Crippen LogP contribution in [0.25, 0.3) is 0 Å². The number of fused-ring (bicyclic) bond motifs is 2. The van der Waals surface area contributed by atoms with Gasteiger partial charge in [0.1, 0.15) is 5.60 Å². The highest BCUT2D eigenvalue weighted by Gasteiger charge is 2.56. The summed E-state index contributed by atoms with van der Waals surface area (Å²) < 4.78 is 33.7. The molecule has 0 aromatic carbocycles. The van der Waals surface area contributed by atoms with Crippen molar-refractivity contribution in [2.45, 2.75) is 109 Å². The summed E-state index contributed by atoms with van der Waals surface area (Å²) in [7, 11) is -3.12. The Kier molecular flexibility index (Phi) is 6.18. The molecule has 2 bridgehead atoms. The van der Waals surface area contributed by atoms with E-state index in [2.05, 4.69) is 41.3 Å². The summed E-state index contributed by atoms with van der Waals surface area (Å²) in [5, 5.41) is 5.13. The zero-order chi connectivity index (χ0) is 28.1. The Balaban J connectivity index is 1.05. The predicted octanol–water partition coefficient (Wildman–Crippen LogP) is 3.23.